The molecule has 0 radical (unpaired) electrons. The van der Waals surface area contributed by atoms with Crippen molar-refractivity contribution in [3.8, 4) is 5.75 Å². The van der Waals surface area contributed by atoms with Gasteiger partial charge < -0.3 is 15.5 Å². The lowest BCUT2D eigenvalue weighted by Crippen LogP contribution is -2.32. The zero-order chi connectivity index (χ0) is 19.6. The molecule has 0 spiro atoms. The number of amides is 1. The molecule has 1 aromatic heterocycles. The van der Waals surface area contributed by atoms with E-state index in [-0.39, 0.29) is 5.91 Å². The number of hydrogen-bond acceptors (Lipinski definition) is 7. The maximum Gasteiger partial charge on any atom is 0.233 e. The Morgan fingerprint density at radius 3 is 2.52 bits per heavy atom. The van der Waals surface area contributed by atoms with Gasteiger partial charge in [-0.15, -0.1) is 10.2 Å². The van der Waals surface area contributed by atoms with Crippen LogP contribution in [0.2, 0.25) is 0 Å². The number of thioether (sulfide) groups is 2. The molecule has 0 bridgehead atoms. The highest BCUT2D eigenvalue weighted by molar-refractivity contribution is 8.00. The lowest BCUT2D eigenvalue weighted by molar-refractivity contribution is -0.127. The topological polar surface area (TPSA) is 86.3 Å². The first-order valence-electron chi connectivity index (χ1n) is 8.99. The van der Waals surface area contributed by atoms with Crippen LogP contribution >= 0.6 is 23.5 Å². The Labute approximate surface area is 169 Å². The fraction of sp³-hybridized carbons (Fsp3) is 0.500. The van der Waals surface area contributed by atoms with Crippen LogP contribution < -0.4 is 10.6 Å². The van der Waals surface area contributed by atoms with Crippen LogP contribution in [0.4, 0.5) is 0 Å². The summed E-state index contributed by atoms with van der Waals surface area (Å²) >= 11 is 2.85. The summed E-state index contributed by atoms with van der Waals surface area (Å²) in [6, 6.07) is 7.97. The number of carbonyl (C=O) groups excluding carboxylic acids is 1. The number of nitrogens with zero attached hydrogens (tertiary/aromatic N) is 4. The zero-order valence-corrected chi connectivity index (χ0v) is 17.7. The largest absolute Gasteiger partial charge is 0.493 e. The monoisotopic (exact) mass is 409 g/mol. The smallest absolute Gasteiger partial charge is 0.233 e. The van der Waals surface area contributed by atoms with E-state index in [1.54, 1.807) is 4.90 Å². The molecule has 0 atom stereocenters. The van der Waals surface area contributed by atoms with Crippen LogP contribution in [-0.4, -0.2) is 56.9 Å². The molecule has 0 aliphatic carbocycles. The molecule has 2 N–H and O–H groups in total. The first kappa shape index (κ1) is 21.4. The van der Waals surface area contributed by atoms with Crippen LogP contribution in [0.25, 0.3) is 0 Å². The van der Waals surface area contributed by atoms with Crippen LogP contribution in [0.5, 0.6) is 5.75 Å². The van der Waals surface area contributed by atoms with Crippen LogP contribution in [0.1, 0.15) is 25.8 Å². The number of aryl methyl sites for hydroxylation is 1. The van der Waals surface area contributed by atoms with Crippen molar-refractivity contribution < 1.29 is 9.53 Å². The van der Waals surface area contributed by atoms with Gasteiger partial charge in [-0.05, 0) is 38.8 Å². The Morgan fingerprint density at radius 1 is 1.19 bits per heavy atom. The summed E-state index contributed by atoms with van der Waals surface area (Å²) in [6.07, 6.45) is 0.870. The van der Waals surface area contributed by atoms with E-state index in [0.717, 1.165) is 23.5 Å². The Bertz CT molecular complexity index is 734. The minimum Gasteiger partial charge on any atom is -0.493 e. The molecule has 9 heteroatoms. The van der Waals surface area contributed by atoms with Crippen molar-refractivity contribution in [3.63, 3.8) is 0 Å². The Morgan fingerprint density at radius 2 is 1.85 bits per heavy atom. The van der Waals surface area contributed by atoms with E-state index in [4.69, 9.17) is 10.6 Å². The number of aromatic nitrogens is 3. The predicted octanol–water partition coefficient (Wildman–Crippen LogP) is 2.82. The molecule has 0 unspecified atom stereocenters. The number of hydrogen-bond donors (Lipinski definition) is 1. The van der Waals surface area contributed by atoms with Crippen molar-refractivity contribution in [3.05, 3.63) is 29.8 Å². The fourth-order valence-electron chi connectivity index (χ4n) is 2.38. The van der Waals surface area contributed by atoms with Gasteiger partial charge in [0.1, 0.15) is 5.75 Å². The molecule has 0 aliphatic rings. The van der Waals surface area contributed by atoms with E-state index in [1.165, 1.54) is 28.2 Å². The highest BCUT2D eigenvalue weighted by Crippen LogP contribution is 2.22. The van der Waals surface area contributed by atoms with Crippen LogP contribution in [0.15, 0.2) is 34.6 Å². The second-order valence-electron chi connectivity index (χ2n) is 5.81. The average Bonchev–Trinajstić information content (AvgIpc) is 3.02. The van der Waals surface area contributed by atoms with Crippen molar-refractivity contribution >= 4 is 29.4 Å². The average molecular weight is 410 g/mol. The minimum atomic E-state index is 0.0792. The summed E-state index contributed by atoms with van der Waals surface area (Å²) in [5, 5.41) is 9.39. The van der Waals surface area contributed by atoms with Gasteiger partial charge in [0.2, 0.25) is 16.2 Å². The van der Waals surface area contributed by atoms with E-state index in [0.29, 0.717) is 35.8 Å². The maximum atomic E-state index is 12.1. The van der Waals surface area contributed by atoms with E-state index >= 15 is 0 Å². The number of carbonyl (C=O) groups is 1. The van der Waals surface area contributed by atoms with Gasteiger partial charge in [0.05, 0.1) is 12.4 Å². The summed E-state index contributed by atoms with van der Waals surface area (Å²) in [4.78, 5) is 13.9. The van der Waals surface area contributed by atoms with Gasteiger partial charge in [-0.3, -0.25) is 4.79 Å². The standard InChI is InChI=1S/C18H27N5O2S2/c1-4-22(5-2)16(24)13-27-18-21-20-17(23(18)19)26-12-8-11-25-15-10-7-6-9-14(15)3/h6-7,9-10H,4-5,8,11-13,19H2,1-3H3. The van der Waals surface area contributed by atoms with Gasteiger partial charge in [0.25, 0.3) is 0 Å². The molecule has 148 valence electrons. The molecule has 1 heterocycles. The number of nitrogens with two attached hydrogens (primary N) is 1. The zero-order valence-electron chi connectivity index (χ0n) is 16.1. The van der Waals surface area contributed by atoms with Crippen molar-refractivity contribution in [2.75, 3.05) is 37.0 Å². The van der Waals surface area contributed by atoms with Gasteiger partial charge in [-0.25, -0.2) is 4.68 Å². The number of rotatable bonds is 11. The number of ether oxygens (including phenoxy) is 1. The Kier molecular flexibility index (Phi) is 8.80. The molecule has 0 aliphatic heterocycles. The highest BCUT2D eigenvalue weighted by atomic mass is 32.2. The van der Waals surface area contributed by atoms with Gasteiger partial charge in [-0.2, -0.15) is 0 Å². The van der Waals surface area contributed by atoms with Gasteiger partial charge >= 0.3 is 0 Å². The molecule has 27 heavy (non-hydrogen) atoms. The molecule has 0 saturated carbocycles. The third-order valence-electron chi connectivity index (χ3n) is 3.95. The number of para-hydroxylation sites is 1. The molecule has 0 fully saturated rings. The quantitative estimate of drug-likeness (QED) is 0.347. The van der Waals surface area contributed by atoms with Crippen LogP contribution in [-0.2, 0) is 4.79 Å². The van der Waals surface area contributed by atoms with Gasteiger partial charge in [0, 0.05) is 18.8 Å². The van der Waals surface area contributed by atoms with Crippen molar-refractivity contribution in [1.29, 1.82) is 0 Å². The third-order valence-corrected chi connectivity index (χ3v) is 5.90. The number of benzene rings is 1. The Hall–Kier alpha value is -1.87. The molecule has 7 nitrogen and oxygen atoms in total. The van der Waals surface area contributed by atoms with Gasteiger partial charge in [-0.1, -0.05) is 41.7 Å². The lowest BCUT2D eigenvalue weighted by atomic mass is 10.2. The first-order chi connectivity index (χ1) is 13.1. The second-order valence-corrected chi connectivity index (χ2v) is 7.81. The molecule has 0 saturated heterocycles. The van der Waals surface area contributed by atoms with E-state index in [9.17, 15) is 4.79 Å². The van der Waals surface area contributed by atoms with Crippen LogP contribution in [0.3, 0.4) is 0 Å². The summed E-state index contributed by atoms with van der Waals surface area (Å²) in [6.45, 7) is 8.01. The molecule has 1 amide bonds. The molecular formula is C18H27N5O2S2. The van der Waals surface area contributed by atoms with E-state index < -0.39 is 0 Å². The summed E-state index contributed by atoms with van der Waals surface area (Å²) in [7, 11) is 0. The van der Waals surface area contributed by atoms with Crippen molar-refractivity contribution in [1.82, 2.24) is 19.8 Å². The lowest BCUT2D eigenvalue weighted by Gasteiger charge is -2.17. The summed E-state index contributed by atoms with van der Waals surface area (Å²) in [5.74, 6) is 8.18. The fourth-order valence-corrected chi connectivity index (χ4v) is 3.96. The van der Waals surface area contributed by atoms with Crippen LogP contribution in [0, 0.1) is 6.92 Å². The number of nitrogen functional groups attached to an aromatic ring is 1. The van der Waals surface area contributed by atoms with E-state index in [1.807, 2.05) is 45.0 Å². The van der Waals surface area contributed by atoms with Gasteiger partial charge in [0.15, 0.2) is 0 Å². The molecule has 1 aromatic carbocycles. The maximum absolute atomic E-state index is 12.1. The summed E-state index contributed by atoms with van der Waals surface area (Å²) in [5.41, 5.74) is 1.13. The SMILES string of the molecule is CCN(CC)C(=O)CSc1nnc(SCCCOc2ccccc2C)n1N. The van der Waals surface area contributed by atoms with Crippen molar-refractivity contribution in [2.45, 2.75) is 37.5 Å². The summed E-state index contributed by atoms with van der Waals surface area (Å²) < 4.78 is 7.24. The molecule has 2 aromatic rings. The second kappa shape index (κ2) is 11.1. The minimum absolute atomic E-state index is 0.0792. The predicted molar refractivity (Wildman–Crippen MR) is 111 cm³/mol. The first-order valence-corrected chi connectivity index (χ1v) is 11.0. The van der Waals surface area contributed by atoms with E-state index in [2.05, 4.69) is 10.2 Å². The third kappa shape index (κ3) is 6.35. The highest BCUT2D eigenvalue weighted by Gasteiger charge is 2.15. The molecule has 2 rings (SSSR count). The Balaban J connectivity index is 1.73. The van der Waals surface area contributed by atoms with Crippen molar-refractivity contribution in [2.24, 2.45) is 0 Å². The molecular weight excluding hydrogens is 382 g/mol. The normalized spacial score (nSPS) is 10.8.